The van der Waals surface area contributed by atoms with Crippen molar-refractivity contribution in [1.29, 1.82) is 0 Å². The van der Waals surface area contributed by atoms with Crippen LogP contribution in [-0.4, -0.2) is 53.5 Å². The number of nitrogens with two attached hydrogens (primary N) is 1. The van der Waals surface area contributed by atoms with Crippen molar-refractivity contribution in [2.24, 2.45) is 11.7 Å². The molecule has 0 saturated carbocycles. The highest BCUT2D eigenvalue weighted by Crippen LogP contribution is 2.37. The van der Waals surface area contributed by atoms with Crippen molar-refractivity contribution in [2.75, 3.05) is 37.6 Å². The number of hydrogen-bond donors (Lipinski definition) is 1. The van der Waals surface area contributed by atoms with Crippen molar-refractivity contribution in [3.05, 3.63) is 52.2 Å². The van der Waals surface area contributed by atoms with Gasteiger partial charge in [0.15, 0.2) is 0 Å². The Morgan fingerprint density at radius 2 is 1.97 bits per heavy atom. The Morgan fingerprint density at radius 1 is 1.25 bits per heavy atom. The van der Waals surface area contributed by atoms with E-state index in [4.69, 9.17) is 17.3 Å². The molecule has 4 rings (SSSR count). The van der Waals surface area contributed by atoms with Crippen LogP contribution in [0.5, 0.6) is 0 Å². The van der Waals surface area contributed by atoms with Crippen LogP contribution in [0, 0.1) is 11.7 Å². The van der Waals surface area contributed by atoms with Crippen LogP contribution in [0.4, 0.5) is 10.2 Å². The fraction of sp³-hybridized carbons (Fsp3) is 0.500. The molecule has 1 aliphatic carbocycles. The van der Waals surface area contributed by atoms with Crippen LogP contribution in [0.2, 0.25) is 5.02 Å². The van der Waals surface area contributed by atoms with Gasteiger partial charge >= 0.3 is 0 Å². The molecule has 1 aromatic heterocycles. The molecule has 1 amide bonds. The summed E-state index contributed by atoms with van der Waals surface area (Å²) in [6.45, 7) is 5.16. The van der Waals surface area contributed by atoms with Crippen LogP contribution in [0.15, 0.2) is 24.5 Å². The average molecular weight is 505 g/mol. The van der Waals surface area contributed by atoms with E-state index in [9.17, 15) is 9.18 Å². The number of rotatable bonds is 5. The molecule has 1 aliphatic heterocycles. The molecular formula is C22H29Cl3FN5O. The van der Waals surface area contributed by atoms with Crippen LogP contribution in [0.3, 0.4) is 0 Å². The summed E-state index contributed by atoms with van der Waals surface area (Å²) in [5.41, 5.74) is 9.05. The van der Waals surface area contributed by atoms with E-state index in [0.717, 1.165) is 43.0 Å². The van der Waals surface area contributed by atoms with Gasteiger partial charge in [0.1, 0.15) is 18.0 Å². The maximum Gasteiger partial charge on any atom is 0.227 e. The van der Waals surface area contributed by atoms with Crippen molar-refractivity contribution in [2.45, 2.75) is 32.1 Å². The predicted octanol–water partition coefficient (Wildman–Crippen LogP) is 3.63. The number of carbonyl (C=O) groups excluding carboxylic acids is 1. The second-order valence-electron chi connectivity index (χ2n) is 8.19. The number of anilines is 1. The highest BCUT2D eigenvalue weighted by molar-refractivity contribution is 6.30. The number of halogens is 4. The number of fused-ring (bicyclic) bond motifs is 1. The van der Waals surface area contributed by atoms with Crippen LogP contribution in [-0.2, 0) is 17.6 Å². The molecule has 2 N–H and O–H groups in total. The molecule has 0 radical (unpaired) electrons. The van der Waals surface area contributed by atoms with Crippen molar-refractivity contribution in [3.8, 4) is 0 Å². The molecule has 0 bridgehead atoms. The third-order valence-corrected chi connectivity index (χ3v) is 6.55. The van der Waals surface area contributed by atoms with Crippen LogP contribution >= 0.6 is 36.4 Å². The predicted molar refractivity (Wildman–Crippen MR) is 130 cm³/mol. The van der Waals surface area contributed by atoms with E-state index in [1.807, 2.05) is 4.90 Å². The van der Waals surface area contributed by atoms with E-state index in [0.29, 0.717) is 25.4 Å². The van der Waals surface area contributed by atoms with Gasteiger partial charge in [-0.1, -0.05) is 24.6 Å². The minimum Gasteiger partial charge on any atom is -0.353 e. The molecule has 6 nitrogen and oxygen atoms in total. The maximum atomic E-state index is 13.7. The molecule has 0 spiro atoms. The van der Waals surface area contributed by atoms with Gasteiger partial charge in [0, 0.05) is 44.0 Å². The van der Waals surface area contributed by atoms with E-state index >= 15 is 0 Å². The Bertz CT molecular complexity index is 940. The molecule has 1 fully saturated rings. The number of benzene rings is 1. The van der Waals surface area contributed by atoms with Crippen molar-refractivity contribution in [3.63, 3.8) is 0 Å². The molecule has 32 heavy (non-hydrogen) atoms. The van der Waals surface area contributed by atoms with E-state index in [1.165, 1.54) is 17.7 Å². The van der Waals surface area contributed by atoms with Gasteiger partial charge < -0.3 is 15.5 Å². The summed E-state index contributed by atoms with van der Waals surface area (Å²) >= 11 is 5.76. The van der Waals surface area contributed by atoms with Gasteiger partial charge in [-0.15, -0.1) is 24.8 Å². The Kier molecular flexibility index (Phi) is 9.52. The number of piperazine rings is 1. The monoisotopic (exact) mass is 503 g/mol. The van der Waals surface area contributed by atoms with Gasteiger partial charge in [0.05, 0.1) is 10.9 Å². The molecule has 1 saturated heterocycles. The number of nitrogens with zero attached hydrogens (tertiary/aromatic N) is 4. The van der Waals surface area contributed by atoms with Crippen LogP contribution < -0.4 is 10.6 Å². The molecular weight excluding hydrogens is 476 g/mol. The van der Waals surface area contributed by atoms with Crippen molar-refractivity contribution < 1.29 is 9.18 Å². The first-order chi connectivity index (χ1) is 14.5. The minimum absolute atomic E-state index is 0. The van der Waals surface area contributed by atoms with Gasteiger partial charge in [0.2, 0.25) is 5.91 Å². The summed E-state index contributed by atoms with van der Waals surface area (Å²) in [4.78, 5) is 26.2. The van der Waals surface area contributed by atoms with E-state index in [2.05, 4.69) is 21.8 Å². The first-order valence-electron chi connectivity index (χ1n) is 10.5. The van der Waals surface area contributed by atoms with Crippen molar-refractivity contribution >= 4 is 48.1 Å². The van der Waals surface area contributed by atoms with Gasteiger partial charge in [-0.2, -0.15) is 0 Å². The number of hydrogen-bond acceptors (Lipinski definition) is 5. The lowest BCUT2D eigenvalue weighted by Gasteiger charge is -2.37. The summed E-state index contributed by atoms with van der Waals surface area (Å²) in [6, 6.07) is 4.65. The highest BCUT2D eigenvalue weighted by atomic mass is 35.5. The second kappa shape index (κ2) is 11.5. The van der Waals surface area contributed by atoms with Gasteiger partial charge in [-0.25, -0.2) is 14.4 Å². The van der Waals surface area contributed by atoms with Crippen LogP contribution in [0.1, 0.15) is 36.1 Å². The van der Waals surface area contributed by atoms with E-state index in [1.54, 1.807) is 12.4 Å². The number of amides is 1. The Balaban J connectivity index is 0.00000181. The second-order valence-corrected chi connectivity index (χ2v) is 8.60. The largest absolute Gasteiger partial charge is 0.353 e. The molecule has 2 aromatic rings. The minimum atomic E-state index is -0.474. The van der Waals surface area contributed by atoms with Gasteiger partial charge in [0.25, 0.3) is 0 Å². The zero-order valence-electron chi connectivity index (χ0n) is 18.0. The maximum absolute atomic E-state index is 13.7. The first kappa shape index (κ1) is 26.6. The summed E-state index contributed by atoms with van der Waals surface area (Å²) in [5.74, 6) is 0.660. The lowest BCUT2D eigenvalue weighted by atomic mass is 9.97. The number of aryl methyl sites for hydroxylation is 1. The molecule has 2 unspecified atom stereocenters. The Hall–Kier alpha value is -1.67. The smallest absolute Gasteiger partial charge is 0.227 e. The SMILES string of the molecule is CC1CCc2ncnc(N3CCN(C(=O)C(CN)Cc4ccc(Cl)c(F)c4)CC3)c21.Cl.Cl. The zero-order valence-corrected chi connectivity index (χ0v) is 20.4. The van der Waals surface area contributed by atoms with E-state index < -0.39 is 5.82 Å². The average Bonchev–Trinajstić information content (AvgIpc) is 3.15. The zero-order chi connectivity index (χ0) is 21.3. The normalized spacial score (nSPS) is 18.4. The summed E-state index contributed by atoms with van der Waals surface area (Å²) in [6.07, 6.45) is 4.18. The molecule has 10 heteroatoms. The molecule has 2 heterocycles. The van der Waals surface area contributed by atoms with E-state index in [-0.39, 0.29) is 48.2 Å². The molecule has 2 aliphatic rings. The quantitative estimate of drug-likeness (QED) is 0.673. The Morgan fingerprint density at radius 3 is 2.62 bits per heavy atom. The van der Waals surface area contributed by atoms with Gasteiger partial charge in [-0.05, 0) is 42.9 Å². The number of carbonyl (C=O) groups is 1. The highest BCUT2D eigenvalue weighted by Gasteiger charge is 2.31. The van der Waals surface area contributed by atoms with Gasteiger partial charge in [-0.3, -0.25) is 4.79 Å². The standard InChI is InChI=1S/C22H27ClFN5O.2ClH/c1-14-2-5-19-20(14)21(27-13-26-19)28-6-8-29(9-7-28)22(30)16(12-25)10-15-3-4-17(23)18(24)11-15;;/h3-4,11,13-14,16H,2,5-10,12,25H2,1H3;2*1H. The fourth-order valence-electron chi connectivity index (χ4n) is 4.49. The van der Waals surface area contributed by atoms with Crippen molar-refractivity contribution in [1.82, 2.24) is 14.9 Å². The Labute approximate surface area is 205 Å². The molecule has 2 atom stereocenters. The fourth-order valence-corrected chi connectivity index (χ4v) is 4.61. The summed E-state index contributed by atoms with van der Waals surface area (Å²) < 4.78 is 13.7. The summed E-state index contributed by atoms with van der Waals surface area (Å²) in [5, 5.41) is 0.0796. The topological polar surface area (TPSA) is 75.4 Å². The van der Waals surface area contributed by atoms with Crippen LogP contribution in [0.25, 0.3) is 0 Å². The molecule has 1 aromatic carbocycles. The molecule has 176 valence electrons. The first-order valence-corrected chi connectivity index (χ1v) is 10.9. The third kappa shape index (κ3) is 5.45. The number of aromatic nitrogens is 2. The summed E-state index contributed by atoms with van der Waals surface area (Å²) in [7, 11) is 0. The lowest BCUT2D eigenvalue weighted by Crippen LogP contribution is -2.52. The lowest BCUT2D eigenvalue weighted by molar-refractivity contribution is -0.135. The third-order valence-electron chi connectivity index (χ3n) is 6.24.